The van der Waals surface area contributed by atoms with Crippen LogP contribution < -0.4 is 9.62 Å². The number of carbonyl (C=O) groups is 2. The van der Waals surface area contributed by atoms with Crippen LogP contribution in [0.15, 0.2) is 72.8 Å². The van der Waals surface area contributed by atoms with Gasteiger partial charge in [0, 0.05) is 18.5 Å². The number of sulfonamides is 1. The van der Waals surface area contributed by atoms with Crippen LogP contribution in [0.2, 0.25) is 0 Å². The third-order valence-electron chi connectivity index (χ3n) is 5.76. The summed E-state index contributed by atoms with van der Waals surface area (Å²) < 4.78 is 26.8. The molecule has 0 fully saturated rings. The van der Waals surface area contributed by atoms with Crippen LogP contribution in [-0.2, 0) is 26.2 Å². The maximum Gasteiger partial charge on any atom is 0.244 e. The molecule has 1 atom stereocenters. The van der Waals surface area contributed by atoms with E-state index >= 15 is 0 Å². The van der Waals surface area contributed by atoms with Gasteiger partial charge in [0.25, 0.3) is 0 Å². The molecule has 0 saturated heterocycles. The van der Waals surface area contributed by atoms with Gasteiger partial charge in [0.05, 0.1) is 11.9 Å². The number of amides is 2. The van der Waals surface area contributed by atoms with Crippen LogP contribution in [0.25, 0.3) is 10.8 Å². The van der Waals surface area contributed by atoms with Crippen molar-refractivity contribution in [1.29, 1.82) is 0 Å². The van der Waals surface area contributed by atoms with Crippen molar-refractivity contribution in [2.75, 3.05) is 23.7 Å². The van der Waals surface area contributed by atoms with Gasteiger partial charge in [-0.2, -0.15) is 0 Å². The lowest BCUT2D eigenvalue weighted by Gasteiger charge is -2.32. The number of benzene rings is 3. The Morgan fingerprint density at radius 3 is 2.17 bits per heavy atom. The van der Waals surface area contributed by atoms with Crippen molar-refractivity contribution in [3.63, 3.8) is 0 Å². The minimum atomic E-state index is -3.79. The van der Waals surface area contributed by atoms with Crippen LogP contribution in [-0.4, -0.2) is 50.5 Å². The Hall–Kier alpha value is -3.39. The first-order chi connectivity index (χ1) is 16.6. The SMILES string of the molecule is CC(C)CNC(=O)C(C)N(Cc1ccccc1)C(=O)CN(c1cccc2ccccc12)S(C)(=O)=O. The lowest BCUT2D eigenvalue weighted by molar-refractivity contribution is -0.139. The molecular formula is C27H33N3O4S. The van der Waals surface area contributed by atoms with Gasteiger partial charge < -0.3 is 10.2 Å². The van der Waals surface area contributed by atoms with E-state index in [0.29, 0.717) is 12.2 Å². The van der Waals surface area contributed by atoms with Crippen molar-refractivity contribution in [3.8, 4) is 0 Å². The van der Waals surface area contributed by atoms with Crippen molar-refractivity contribution in [2.45, 2.75) is 33.4 Å². The number of fused-ring (bicyclic) bond motifs is 1. The fourth-order valence-electron chi connectivity index (χ4n) is 3.84. The molecule has 0 aliphatic heterocycles. The summed E-state index contributed by atoms with van der Waals surface area (Å²) >= 11 is 0. The number of anilines is 1. The second-order valence-electron chi connectivity index (χ2n) is 9.09. The van der Waals surface area contributed by atoms with Gasteiger partial charge in [0.15, 0.2) is 0 Å². The number of carbonyl (C=O) groups excluding carboxylic acids is 2. The molecule has 186 valence electrons. The maximum absolute atomic E-state index is 13.6. The zero-order valence-electron chi connectivity index (χ0n) is 20.6. The summed E-state index contributed by atoms with van der Waals surface area (Å²) in [4.78, 5) is 28.0. The zero-order valence-corrected chi connectivity index (χ0v) is 21.5. The number of nitrogens with one attached hydrogen (secondary N) is 1. The molecule has 3 rings (SSSR count). The highest BCUT2D eigenvalue weighted by Gasteiger charge is 2.30. The van der Waals surface area contributed by atoms with E-state index in [4.69, 9.17) is 0 Å². The van der Waals surface area contributed by atoms with Crippen LogP contribution in [0.1, 0.15) is 26.3 Å². The molecule has 0 aliphatic rings. The average molecular weight is 496 g/mol. The average Bonchev–Trinajstić information content (AvgIpc) is 2.83. The van der Waals surface area contributed by atoms with E-state index in [1.807, 2.05) is 74.5 Å². The second-order valence-corrected chi connectivity index (χ2v) is 11.0. The Kier molecular flexibility index (Phi) is 8.51. The summed E-state index contributed by atoms with van der Waals surface area (Å²) in [7, 11) is -3.79. The highest BCUT2D eigenvalue weighted by atomic mass is 32.2. The van der Waals surface area contributed by atoms with E-state index in [9.17, 15) is 18.0 Å². The molecule has 3 aromatic rings. The van der Waals surface area contributed by atoms with Crippen LogP contribution in [0.4, 0.5) is 5.69 Å². The van der Waals surface area contributed by atoms with Gasteiger partial charge in [-0.05, 0) is 29.9 Å². The molecule has 0 bridgehead atoms. The monoisotopic (exact) mass is 495 g/mol. The van der Waals surface area contributed by atoms with Crippen molar-refractivity contribution in [1.82, 2.24) is 10.2 Å². The largest absolute Gasteiger partial charge is 0.354 e. The third kappa shape index (κ3) is 6.82. The number of hydrogen-bond acceptors (Lipinski definition) is 4. The molecule has 0 aliphatic carbocycles. The Labute approximate surface area is 207 Å². The van der Waals surface area contributed by atoms with E-state index in [2.05, 4.69) is 5.32 Å². The predicted molar refractivity (Wildman–Crippen MR) is 140 cm³/mol. The van der Waals surface area contributed by atoms with E-state index in [1.54, 1.807) is 19.1 Å². The molecule has 0 saturated carbocycles. The van der Waals surface area contributed by atoms with Crippen molar-refractivity contribution in [3.05, 3.63) is 78.4 Å². The lowest BCUT2D eigenvalue weighted by Crippen LogP contribution is -2.51. The normalized spacial score (nSPS) is 12.4. The highest BCUT2D eigenvalue weighted by Crippen LogP contribution is 2.28. The first-order valence-corrected chi connectivity index (χ1v) is 13.5. The Bertz CT molecular complexity index is 1270. The zero-order chi connectivity index (χ0) is 25.6. The van der Waals surface area contributed by atoms with Crippen LogP contribution >= 0.6 is 0 Å². The topological polar surface area (TPSA) is 86.8 Å². The van der Waals surface area contributed by atoms with E-state index in [1.165, 1.54) is 4.90 Å². The van der Waals surface area contributed by atoms with Gasteiger partial charge in [-0.15, -0.1) is 0 Å². The smallest absolute Gasteiger partial charge is 0.244 e. The molecule has 0 heterocycles. The van der Waals surface area contributed by atoms with Gasteiger partial charge in [-0.25, -0.2) is 8.42 Å². The van der Waals surface area contributed by atoms with Crippen LogP contribution in [0, 0.1) is 5.92 Å². The Balaban J connectivity index is 1.95. The van der Waals surface area contributed by atoms with E-state index in [-0.39, 0.29) is 18.4 Å². The molecule has 0 radical (unpaired) electrons. The fraction of sp³-hybridized carbons (Fsp3) is 0.333. The minimum absolute atomic E-state index is 0.184. The van der Waals surface area contributed by atoms with Crippen molar-refractivity contribution in [2.24, 2.45) is 5.92 Å². The molecule has 3 aromatic carbocycles. The van der Waals surface area contributed by atoms with Gasteiger partial charge in [-0.3, -0.25) is 13.9 Å². The summed E-state index contributed by atoms with van der Waals surface area (Å²) in [5.74, 6) is -0.477. The van der Waals surface area contributed by atoms with E-state index < -0.39 is 28.5 Å². The van der Waals surface area contributed by atoms with Gasteiger partial charge in [0.1, 0.15) is 12.6 Å². The summed E-state index contributed by atoms with van der Waals surface area (Å²) in [6.45, 7) is 5.91. The van der Waals surface area contributed by atoms with Crippen LogP contribution in [0.3, 0.4) is 0 Å². The lowest BCUT2D eigenvalue weighted by atomic mass is 10.1. The van der Waals surface area contributed by atoms with Crippen LogP contribution in [0.5, 0.6) is 0 Å². The van der Waals surface area contributed by atoms with E-state index in [0.717, 1.165) is 26.9 Å². The standard InChI is InChI=1S/C27H33N3O4S/c1-20(2)17-28-27(32)21(3)29(18-22-11-6-5-7-12-22)26(31)19-30(35(4,33)34)25-16-10-14-23-13-8-9-15-24(23)25/h5-16,20-21H,17-19H2,1-4H3,(H,28,32). The molecule has 35 heavy (non-hydrogen) atoms. The summed E-state index contributed by atoms with van der Waals surface area (Å²) in [5, 5.41) is 4.47. The number of hydrogen-bond donors (Lipinski definition) is 1. The predicted octanol–water partition coefficient (Wildman–Crippen LogP) is 3.80. The summed E-state index contributed by atoms with van der Waals surface area (Å²) in [6, 6.07) is 21.3. The first-order valence-electron chi connectivity index (χ1n) is 11.6. The molecule has 0 spiro atoms. The summed E-state index contributed by atoms with van der Waals surface area (Å²) in [5.41, 5.74) is 1.27. The Morgan fingerprint density at radius 1 is 0.886 bits per heavy atom. The molecular weight excluding hydrogens is 462 g/mol. The van der Waals surface area contributed by atoms with Crippen molar-refractivity contribution >= 4 is 38.3 Å². The van der Waals surface area contributed by atoms with Crippen molar-refractivity contribution < 1.29 is 18.0 Å². The second kappa shape index (κ2) is 11.4. The number of rotatable bonds is 10. The molecule has 8 heteroatoms. The summed E-state index contributed by atoms with van der Waals surface area (Å²) in [6.07, 6.45) is 1.09. The van der Waals surface area contributed by atoms with Gasteiger partial charge in [0.2, 0.25) is 21.8 Å². The quantitative estimate of drug-likeness (QED) is 0.464. The maximum atomic E-state index is 13.6. The molecule has 1 unspecified atom stereocenters. The Morgan fingerprint density at radius 2 is 1.51 bits per heavy atom. The highest BCUT2D eigenvalue weighted by molar-refractivity contribution is 7.92. The number of nitrogens with zero attached hydrogens (tertiary/aromatic N) is 2. The molecule has 1 N–H and O–H groups in total. The molecule has 0 aromatic heterocycles. The molecule has 7 nitrogen and oxygen atoms in total. The molecule has 2 amide bonds. The fourth-order valence-corrected chi connectivity index (χ4v) is 4.70. The first kappa shape index (κ1) is 26.2. The van der Waals surface area contributed by atoms with Gasteiger partial charge >= 0.3 is 0 Å². The minimum Gasteiger partial charge on any atom is -0.354 e. The third-order valence-corrected chi connectivity index (χ3v) is 6.89. The van der Waals surface area contributed by atoms with Gasteiger partial charge in [-0.1, -0.05) is 80.6 Å².